The summed E-state index contributed by atoms with van der Waals surface area (Å²) in [6, 6.07) is 12.2. The van der Waals surface area contributed by atoms with Gasteiger partial charge in [0.2, 0.25) is 5.91 Å². The number of ketones is 1. The van der Waals surface area contributed by atoms with Gasteiger partial charge in [-0.3, -0.25) is 9.59 Å². The topological polar surface area (TPSA) is 98.7 Å². The second kappa shape index (κ2) is 9.90. The number of phenolic OH excluding ortho intramolecular Hbond substituents is 2. The number of nitrogens with one attached hydrogen (secondary N) is 2. The van der Waals surface area contributed by atoms with Crippen LogP contribution in [0.1, 0.15) is 31.9 Å². The summed E-state index contributed by atoms with van der Waals surface area (Å²) in [5, 5.41) is 24.9. The van der Waals surface area contributed by atoms with Crippen molar-refractivity contribution in [2.24, 2.45) is 0 Å². The van der Waals surface area contributed by atoms with E-state index in [1.807, 2.05) is 13.8 Å². The Labute approximate surface area is 165 Å². The number of Topliss-reactive ketones (excluding diaryl/α,β-unsaturated/α-hetero) is 1. The molecule has 0 heterocycles. The molecule has 0 bridgehead atoms. The largest absolute Gasteiger partial charge is 0.508 e. The van der Waals surface area contributed by atoms with Crippen LogP contribution in [0.3, 0.4) is 0 Å². The number of amides is 1. The Kier molecular flexibility index (Phi) is 7.58. The standard InChI is InChI=1S/C22H28N2O4/c1-14(2)23-21(13-17-6-10-19(27)11-7-17)22(28)24-20(15(3)25)12-16-4-8-18(26)9-5-16/h4-11,14,20-21,23,26-27H,12-13H2,1-3H3,(H,24,28). The second-order valence-electron chi connectivity index (χ2n) is 7.29. The van der Waals surface area contributed by atoms with Crippen molar-refractivity contribution in [1.29, 1.82) is 0 Å². The van der Waals surface area contributed by atoms with E-state index in [0.29, 0.717) is 12.8 Å². The highest BCUT2D eigenvalue weighted by Crippen LogP contribution is 2.14. The van der Waals surface area contributed by atoms with Crippen molar-refractivity contribution >= 4 is 11.7 Å². The van der Waals surface area contributed by atoms with Gasteiger partial charge in [-0.05, 0) is 55.2 Å². The van der Waals surface area contributed by atoms with E-state index < -0.39 is 12.1 Å². The monoisotopic (exact) mass is 384 g/mol. The van der Waals surface area contributed by atoms with E-state index in [0.717, 1.165) is 11.1 Å². The second-order valence-corrected chi connectivity index (χ2v) is 7.29. The Morgan fingerprint density at radius 2 is 1.25 bits per heavy atom. The molecule has 0 saturated carbocycles. The van der Waals surface area contributed by atoms with Crippen molar-refractivity contribution in [1.82, 2.24) is 10.6 Å². The summed E-state index contributed by atoms with van der Waals surface area (Å²) in [6.45, 7) is 5.36. The molecule has 0 saturated heterocycles. The molecule has 0 fully saturated rings. The molecule has 6 nitrogen and oxygen atoms in total. The van der Waals surface area contributed by atoms with E-state index in [4.69, 9.17) is 0 Å². The Balaban J connectivity index is 2.10. The summed E-state index contributed by atoms with van der Waals surface area (Å²) in [4.78, 5) is 25.0. The highest BCUT2D eigenvalue weighted by Gasteiger charge is 2.24. The van der Waals surface area contributed by atoms with Crippen molar-refractivity contribution in [2.45, 2.75) is 51.7 Å². The van der Waals surface area contributed by atoms with Crippen LogP contribution in [0.25, 0.3) is 0 Å². The molecule has 2 rings (SSSR count). The third-order valence-electron chi connectivity index (χ3n) is 4.41. The lowest BCUT2D eigenvalue weighted by molar-refractivity contribution is -0.128. The summed E-state index contributed by atoms with van der Waals surface area (Å²) in [5.74, 6) is -0.0514. The Bertz CT molecular complexity index is 785. The maximum Gasteiger partial charge on any atom is 0.238 e. The lowest BCUT2D eigenvalue weighted by atomic mass is 10.0. The quantitative estimate of drug-likeness (QED) is 0.532. The average molecular weight is 384 g/mol. The fourth-order valence-electron chi connectivity index (χ4n) is 2.93. The van der Waals surface area contributed by atoms with Crippen molar-refractivity contribution in [2.75, 3.05) is 0 Å². The van der Waals surface area contributed by atoms with Gasteiger partial charge in [0, 0.05) is 6.04 Å². The average Bonchev–Trinajstić information content (AvgIpc) is 2.63. The number of phenols is 2. The van der Waals surface area contributed by atoms with Crippen LogP contribution in [-0.2, 0) is 22.4 Å². The van der Waals surface area contributed by atoms with Crippen LogP contribution in [0.4, 0.5) is 0 Å². The maximum absolute atomic E-state index is 12.9. The lowest BCUT2D eigenvalue weighted by Crippen LogP contribution is -2.52. The first-order chi connectivity index (χ1) is 13.2. The molecule has 6 heteroatoms. The summed E-state index contributed by atoms with van der Waals surface area (Å²) in [5.41, 5.74) is 1.76. The van der Waals surface area contributed by atoms with Gasteiger partial charge in [0.15, 0.2) is 5.78 Å². The summed E-state index contributed by atoms with van der Waals surface area (Å²) >= 11 is 0. The molecule has 0 aliphatic carbocycles. The Hall–Kier alpha value is -2.86. The number of carbonyl (C=O) groups excluding carboxylic acids is 2. The van der Waals surface area contributed by atoms with Crippen molar-refractivity contribution in [3.05, 3.63) is 59.7 Å². The van der Waals surface area contributed by atoms with Crippen molar-refractivity contribution in [3.63, 3.8) is 0 Å². The van der Waals surface area contributed by atoms with E-state index in [1.165, 1.54) is 6.92 Å². The zero-order valence-electron chi connectivity index (χ0n) is 16.5. The van der Waals surface area contributed by atoms with Gasteiger partial charge in [0.05, 0.1) is 12.1 Å². The van der Waals surface area contributed by atoms with Gasteiger partial charge in [0.1, 0.15) is 11.5 Å². The van der Waals surface area contributed by atoms with Crippen LogP contribution in [-0.4, -0.2) is 40.0 Å². The van der Waals surface area contributed by atoms with Crippen LogP contribution in [0.5, 0.6) is 11.5 Å². The number of hydrogen-bond acceptors (Lipinski definition) is 5. The van der Waals surface area contributed by atoms with Crippen molar-refractivity contribution < 1.29 is 19.8 Å². The predicted molar refractivity (Wildman–Crippen MR) is 108 cm³/mol. The van der Waals surface area contributed by atoms with Crippen LogP contribution >= 0.6 is 0 Å². The minimum atomic E-state index is -0.645. The van der Waals surface area contributed by atoms with E-state index in [9.17, 15) is 19.8 Å². The number of hydrogen-bond donors (Lipinski definition) is 4. The maximum atomic E-state index is 12.9. The molecule has 2 unspecified atom stereocenters. The van der Waals surface area contributed by atoms with Gasteiger partial charge in [-0.15, -0.1) is 0 Å². The Morgan fingerprint density at radius 1 is 0.821 bits per heavy atom. The molecule has 0 aliphatic rings. The van der Waals surface area contributed by atoms with E-state index >= 15 is 0 Å². The third kappa shape index (κ3) is 6.70. The predicted octanol–water partition coefficient (Wildman–Crippen LogP) is 2.32. The molecule has 1 amide bonds. The molecule has 0 aliphatic heterocycles. The minimum absolute atomic E-state index is 0.0840. The molecule has 0 aromatic heterocycles. The van der Waals surface area contributed by atoms with Gasteiger partial charge < -0.3 is 20.8 Å². The first-order valence-corrected chi connectivity index (χ1v) is 9.37. The molecule has 0 spiro atoms. The summed E-state index contributed by atoms with van der Waals surface area (Å²) in [7, 11) is 0. The summed E-state index contributed by atoms with van der Waals surface area (Å²) in [6.07, 6.45) is 0.795. The fraction of sp³-hybridized carbons (Fsp3) is 0.364. The molecule has 0 radical (unpaired) electrons. The van der Waals surface area contributed by atoms with E-state index in [-0.39, 0.29) is 29.2 Å². The first-order valence-electron chi connectivity index (χ1n) is 9.37. The summed E-state index contributed by atoms with van der Waals surface area (Å²) < 4.78 is 0. The molecule has 2 aromatic carbocycles. The van der Waals surface area contributed by atoms with Crippen LogP contribution in [0.2, 0.25) is 0 Å². The normalized spacial score (nSPS) is 13.1. The smallest absolute Gasteiger partial charge is 0.238 e. The Morgan fingerprint density at radius 3 is 1.64 bits per heavy atom. The van der Waals surface area contributed by atoms with Crippen LogP contribution in [0.15, 0.2) is 48.5 Å². The molecule has 4 N–H and O–H groups in total. The molecular formula is C22H28N2O4. The number of carbonyl (C=O) groups is 2. The highest BCUT2D eigenvalue weighted by molar-refractivity contribution is 5.90. The van der Waals surface area contributed by atoms with Crippen LogP contribution < -0.4 is 10.6 Å². The minimum Gasteiger partial charge on any atom is -0.508 e. The van der Waals surface area contributed by atoms with Crippen molar-refractivity contribution in [3.8, 4) is 11.5 Å². The molecule has 2 atom stereocenters. The molecule has 2 aromatic rings. The van der Waals surface area contributed by atoms with E-state index in [1.54, 1.807) is 48.5 Å². The van der Waals surface area contributed by atoms with Gasteiger partial charge in [-0.25, -0.2) is 0 Å². The van der Waals surface area contributed by atoms with Gasteiger partial charge in [0.25, 0.3) is 0 Å². The SMILES string of the molecule is CC(=O)C(Cc1ccc(O)cc1)NC(=O)C(Cc1ccc(O)cc1)NC(C)C. The van der Waals surface area contributed by atoms with Crippen LogP contribution in [0, 0.1) is 0 Å². The third-order valence-corrected chi connectivity index (χ3v) is 4.41. The molecule has 150 valence electrons. The van der Waals surface area contributed by atoms with Gasteiger partial charge in [-0.2, -0.15) is 0 Å². The number of aromatic hydroxyl groups is 2. The number of rotatable bonds is 9. The first kappa shape index (κ1) is 21.4. The zero-order chi connectivity index (χ0) is 20.7. The fourth-order valence-corrected chi connectivity index (χ4v) is 2.93. The lowest BCUT2D eigenvalue weighted by Gasteiger charge is -2.24. The molecule has 28 heavy (non-hydrogen) atoms. The van der Waals surface area contributed by atoms with Gasteiger partial charge >= 0.3 is 0 Å². The molecular weight excluding hydrogens is 356 g/mol. The highest BCUT2D eigenvalue weighted by atomic mass is 16.3. The zero-order valence-corrected chi connectivity index (χ0v) is 16.5. The van der Waals surface area contributed by atoms with E-state index in [2.05, 4.69) is 10.6 Å². The number of benzene rings is 2. The van der Waals surface area contributed by atoms with Gasteiger partial charge in [-0.1, -0.05) is 38.1 Å².